The first-order valence-electron chi connectivity index (χ1n) is 45.1. The Bertz CT molecular complexity index is 2820. The Morgan fingerprint density at radius 3 is 0.757 bits per heavy atom. The van der Waals surface area contributed by atoms with Crippen LogP contribution in [0.4, 0.5) is 0 Å². The number of aliphatic hydroxyl groups is 2. The van der Waals surface area contributed by atoms with Gasteiger partial charge in [-0.2, -0.15) is 0 Å². The van der Waals surface area contributed by atoms with Crippen LogP contribution >= 0.6 is 15.6 Å². The summed E-state index contributed by atoms with van der Waals surface area (Å²) in [5.41, 5.74) is 0. The Hall–Kier alpha value is -5.35. The summed E-state index contributed by atoms with van der Waals surface area (Å²) in [6.45, 7) is 2.37. The van der Waals surface area contributed by atoms with Crippen molar-refractivity contribution in [3.8, 4) is 0 Å². The predicted octanol–water partition coefficient (Wildman–Crippen LogP) is 27.7. The molecule has 5 atom stereocenters. The summed E-state index contributed by atoms with van der Waals surface area (Å²) in [6.07, 6.45) is 115. The van der Waals surface area contributed by atoms with Crippen molar-refractivity contribution in [2.45, 2.75) is 373 Å². The minimum Gasteiger partial charge on any atom is -0.463 e. The number of unbranched alkanes of at least 4 members (excludes halogenated alkanes) is 31. The number of phosphoric ester groups is 2. The fourth-order valence-electron chi connectivity index (χ4n) is 11.8. The first-order valence-corrected chi connectivity index (χ1v) is 48.1. The van der Waals surface area contributed by atoms with Crippen LogP contribution in [0.15, 0.2) is 182 Å². The Balaban J connectivity index is 4.54. The second-order valence-corrected chi connectivity index (χ2v) is 32.5. The van der Waals surface area contributed by atoms with Crippen LogP contribution in [0, 0.1) is 0 Å². The van der Waals surface area contributed by atoms with Gasteiger partial charge in [0.05, 0.1) is 26.4 Å². The maximum absolute atomic E-state index is 13.0. The molecule has 0 spiro atoms. The van der Waals surface area contributed by atoms with E-state index in [9.17, 15) is 43.5 Å². The Labute approximate surface area is 700 Å². The second-order valence-electron chi connectivity index (χ2n) is 29.6. The van der Waals surface area contributed by atoms with Crippen LogP contribution in [-0.2, 0) is 55.8 Å². The third kappa shape index (κ3) is 89.3. The fourth-order valence-corrected chi connectivity index (χ4v) is 13.4. The monoisotopic (exact) mass is 1650 g/mol. The molecule has 0 aliphatic rings. The van der Waals surface area contributed by atoms with Gasteiger partial charge in [-0.25, -0.2) is 9.13 Å². The largest absolute Gasteiger partial charge is 0.472 e. The van der Waals surface area contributed by atoms with Gasteiger partial charge in [0.1, 0.15) is 25.4 Å². The molecule has 0 aromatic rings. The zero-order chi connectivity index (χ0) is 83.6. The number of carbonyl (C=O) groups excluding carboxylic acids is 3. The smallest absolute Gasteiger partial charge is 0.463 e. The molecule has 0 saturated carbocycles. The standard InChI is InChI=1S/C97H162O16P2/c1-4-7-10-13-16-19-22-25-28-31-33-35-37-39-41-43-44-45-46-48-50-51-53-55-57-60-62-65-68-71-74-77-80-83-95(100)107-86-92(98)87-109-114(103,104)110-88-93(99)89-111-115(105,106)112-91-94(113-97(102)85-82-79-76-73-70-67-64-59-30-27-24-21-18-15-12-9-6-3)90-108-96(101)84-81-78-75-72-69-66-63-61-58-56-54-52-49-47-42-40-38-36-34-32-29-26-23-20-17-14-11-8-5-2/h8-9,11-12,16-21,25-30,33-36,39-42,49,52,64,67,73,76,92-94,98-99H,4-7,10,13-15,22-24,31-32,37-38,43-48,50-51,53-63,65-66,68-72,74-75,77-91H2,1-3H3,(H,103,104)(H,105,106)/b11-8-,12-9-,19-16-,20-17-,21-18-,28-25-,29-26-,30-27-,35-33-,36-34-,41-39-,42-40-,52-49-,67-64-,76-73-. The van der Waals surface area contributed by atoms with Crippen molar-refractivity contribution in [2.24, 2.45) is 0 Å². The van der Waals surface area contributed by atoms with Crippen molar-refractivity contribution < 1.29 is 75.8 Å². The first kappa shape index (κ1) is 110. The maximum Gasteiger partial charge on any atom is 0.472 e. The summed E-state index contributed by atoms with van der Waals surface area (Å²) in [6, 6.07) is 0. The molecule has 4 N–H and O–H groups in total. The van der Waals surface area contributed by atoms with Crippen LogP contribution in [0.2, 0.25) is 0 Å². The number of phosphoric acid groups is 2. The summed E-state index contributed by atoms with van der Waals surface area (Å²) in [7, 11) is -9.83. The number of ether oxygens (including phenoxy) is 3. The molecule has 0 rings (SSSR count). The number of hydrogen-bond acceptors (Lipinski definition) is 14. The third-order valence-corrected chi connectivity index (χ3v) is 20.5. The van der Waals surface area contributed by atoms with Gasteiger partial charge < -0.3 is 34.2 Å². The molecular formula is C97H162O16P2. The zero-order valence-corrected chi connectivity index (χ0v) is 73.9. The zero-order valence-electron chi connectivity index (χ0n) is 72.1. The van der Waals surface area contributed by atoms with Gasteiger partial charge in [0.25, 0.3) is 0 Å². The molecular weight excluding hydrogens is 1480 g/mol. The molecule has 0 saturated heterocycles. The first-order chi connectivity index (χ1) is 56.2. The number of allylic oxidation sites excluding steroid dienone is 30. The number of aliphatic hydroxyl groups excluding tert-OH is 2. The lowest BCUT2D eigenvalue weighted by atomic mass is 10.0. The Morgan fingerprint density at radius 2 is 0.470 bits per heavy atom. The van der Waals surface area contributed by atoms with Gasteiger partial charge in [0, 0.05) is 19.3 Å². The summed E-state index contributed by atoms with van der Waals surface area (Å²) < 4.78 is 61.3. The van der Waals surface area contributed by atoms with Gasteiger partial charge in [-0.05, 0) is 154 Å². The minimum absolute atomic E-state index is 0.0197. The molecule has 0 radical (unpaired) electrons. The highest BCUT2D eigenvalue weighted by molar-refractivity contribution is 7.47. The molecule has 0 aliphatic carbocycles. The Kier molecular flexibility index (Phi) is 83.9. The van der Waals surface area contributed by atoms with Crippen molar-refractivity contribution in [3.05, 3.63) is 182 Å². The summed E-state index contributed by atoms with van der Waals surface area (Å²) >= 11 is 0. The lowest BCUT2D eigenvalue weighted by Crippen LogP contribution is -2.30. The van der Waals surface area contributed by atoms with Crippen LogP contribution in [0.5, 0.6) is 0 Å². The van der Waals surface area contributed by atoms with Gasteiger partial charge in [-0.15, -0.1) is 0 Å². The Morgan fingerprint density at radius 1 is 0.252 bits per heavy atom. The summed E-state index contributed by atoms with van der Waals surface area (Å²) in [4.78, 5) is 58.9. The molecule has 0 aliphatic heterocycles. The van der Waals surface area contributed by atoms with Crippen molar-refractivity contribution in [1.29, 1.82) is 0 Å². The number of rotatable bonds is 84. The van der Waals surface area contributed by atoms with Crippen molar-refractivity contribution in [3.63, 3.8) is 0 Å². The highest BCUT2D eigenvalue weighted by atomic mass is 31.2. The molecule has 0 aromatic carbocycles. The topological polar surface area (TPSA) is 231 Å². The lowest BCUT2D eigenvalue weighted by molar-refractivity contribution is -0.161. The van der Waals surface area contributed by atoms with E-state index in [1.54, 1.807) is 0 Å². The van der Waals surface area contributed by atoms with Crippen molar-refractivity contribution in [1.82, 2.24) is 0 Å². The minimum atomic E-state index is -4.96. The normalized spacial score (nSPS) is 14.7. The molecule has 0 heterocycles. The molecule has 0 bridgehead atoms. The fraction of sp³-hybridized carbons (Fsp3) is 0.660. The number of hydrogen-bond donors (Lipinski definition) is 4. The van der Waals surface area contributed by atoms with Gasteiger partial charge in [-0.1, -0.05) is 364 Å². The van der Waals surface area contributed by atoms with E-state index >= 15 is 0 Å². The van der Waals surface area contributed by atoms with Crippen LogP contribution in [-0.4, -0.2) is 95.9 Å². The van der Waals surface area contributed by atoms with Crippen LogP contribution in [0.3, 0.4) is 0 Å². The summed E-state index contributed by atoms with van der Waals surface area (Å²) in [5, 5.41) is 20.7. The van der Waals surface area contributed by atoms with E-state index in [0.717, 1.165) is 141 Å². The van der Waals surface area contributed by atoms with E-state index in [4.69, 9.17) is 32.3 Å². The van der Waals surface area contributed by atoms with Crippen molar-refractivity contribution >= 4 is 33.6 Å². The van der Waals surface area contributed by atoms with E-state index in [1.807, 2.05) is 12.2 Å². The number of carbonyl (C=O) groups is 3. The van der Waals surface area contributed by atoms with Gasteiger partial charge in [-0.3, -0.25) is 32.5 Å². The number of esters is 3. The van der Waals surface area contributed by atoms with Gasteiger partial charge >= 0.3 is 33.6 Å². The van der Waals surface area contributed by atoms with E-state index in [2.05, 4.69) is 191 Å². The third-order valence-electron chi connectivity index (χ3n) is 18.6. The molecule has 0 aromatic heterocycles. The highest BCUT2D eigenvalue weighted by Gasteiger charge is 2.29. The maximum atomic E-state index is 13.0. The average Bonchev–Trinajstić information content (AvgIpc) is 0.897. The molecule has 0 fully saturated rings. The molecule has 656 valence electrons. The van der Waals surface area contributed by atoms with Crippen LogP contribution < -0.4 is 0 Å². The van der Waals surface area contributed by atoms with Crippen LogP contribution in [0.1, 0.15) is 355 Å². The molecule has 16 nitrogen and oxygen atoms in total. The van der Waals surface area contributed by atoms with E-state index in [1.165, 1.54) is 148 Å². The van der Waals surface area contributed by atoms with Gasteiger partial charge in [0.2, 0.25) is 0 Å². The molecule has 0 amide bonds. The highest BCUT2D eigenvalue weighted by Crippen LogP contribution is 2.45. The molecule has 18 heteroatoms. The average molecular weight is 1650 g/mol. The molecule has 5 unspecified atom stereocenters. The van der Waals surface area contributed by atoms with E-state index < -0.39 is 91.5 Å². The quantitative estimate of drug-likeness (QED) is 0.0146. The summed E-state index contributed by atoms with van der Waals surface area (Å²) in [5.74, 6) is -1.65. The van der Waals surface area contributed by atoms with Gasteiger partial charge in [0.15, 0.2) is 6.10 Å². The second kappa shape index (κ2) is 87.9. The van der Waals surface area contributed by atoms with E-state index in [0.29, 0.717) is 25.7 Å². The van der Waals surface area contributed by atoms with E-state index in [-0.39, 0.29) is 19.3 Å². The van der Waals surface area contributed by atoms with Crippen LogP contribution in [0.25, 0.3) is 0 Å². The van der Waals surface area contributed by atoms with Crippen molar-refractivity contribution in [2.75, 3.05) is 39.6 Å². The lowest BCUT2D eigenvalue weighted by Gasteiger charge is -2.21. The SMILES string of the molecule is CC/C=C\C/C=C\C/C=C\C/C=C\C/C=C\C/C=C\CCCCCCCCCCCCC(=O)OCC(COP(=O)(O)OCC(O)COP(=O)(O)OCC(O)COC(=O)CCCCCCCCCCCCCCCCCCC/C=C\C/C=C\C/C=C\C/C=C\CCCCC)OC(=O)CCC/C=C\C/C=C\C/C=C\C/C=C\C/C=C\CC. The molecule has 115 heavy (non-hydrogen) atoms. The predicted molar refractivity (Wildman–Crippen MR) is 481 cm³/mol.